The highest BCUT2D eigenvalue weighted by Crippen LogP contribution is 2.34. The Morgan fingerprint density at radius 2 is 2.31 bits per heavy atom. The quantitative estimate of drug-likeness (QED) is 0.697. The zero-order valence-corrected chi connectivity index (χ0v) is 8.58. The molecule has 0 aromatic heterocycles. The number of hydrogen-bond acceptors (Lipinski definition) is 3. The zero-order valence-electron chi connectivity index (χ0n) is 7.77. The molecule has 1 aliphatic carbocycles. The molecule has 2 nitrogen and oxygen atoms in total. The molecule has 3 heteroatoms. The third kappa shape index (κ3) is 1.66. The minimum absolute atomic E-state index is 0.248. The van der Waals surface area contributed by atoms with E-state index in [4.69, 9.17) is 0 Å². The Morgan fingerprint density at radius 1 is 1.54 bits per heavy atom. The minimum Gasteiger partial charge on any atom is -0.508 e. The van der Waals surface area contributed by atoms with Gasteiger partial charge in [-0.25, -0.2) is 0 Å². The van der Waals surface area contributed by atoms with Gasteiger partial charge in [0.05, 0.1) is 16.3 Å². The van der Waals surface area contributed by atoms with Gasteiger partial charge < -0.3 is 5.11 Å². The van der Waals surface area contributed by atoms with Crippen LogP contribution in [0, 0.1) is 5.92 Å². The molecule has 0 amide bonds. The number of aliphatic hydroxyl groups excluding tert-OH is 1. The van der Waals surface area contributed by atoms with E-state index in [0.29, 0.717) is 16.9 Å². The van der Waals surface area contributed by atoms with E-state index in [2.05, 4.69) is 18.8 Å². The van der Waals surface area contributed by atoms with Crippen LogP contribution >= 0.6 is 11.8 Å². The maximum absolute atomic E-state index is 9.29. The lowest BCUT2D eigenvalue weighted by Crippen LogP contribution is -2.15. The molecule has 0 aromatic rings. The van der Waals surface area contributed by atoms with Gasteiger partial charge in [0.1, 0.15) is 5.76 Å². The van der Waals surface area contributed by atoms with Gasteiger partial charge in [-0.1, -0.05) is 19.9 Å². The molecule has 0 spiro atoms. The molecule has 1 heterocycles. The summed E-state index contributed by atoms with van der Waals surface area (Å²) in [7, 11) is 0. The topological polar surface area (TPSA) is 32.6 Å². The van der Waals surface area contributed by atoms with Crippen molar-refractivity contribution < 1.29 is 5.11 Å². The van der Waals surface area contributed by atoms with Crippen molar-refractivity contribution in [3.05, 3.63) is 24.0 Å². The van der Waals surface area contributed by atoms with Gasteiger partial charge in [-0.15, -0.1) is 11.8 Å². The Hall–Kier alpha value is -0.700. The Kier molecular flexibility index (Phi) is 2.20. The summed E-state index contributed by atoms with van der Waals surface area (Å²) in [5.41, 5.74) is 0. The van der Waals surface area contributed by atoms with Crippen molar-refractivity contribution in [2.24, 2.45) is 10.9 Å². The molecule has 13 heavy (non-hydrogen) atoms. The number of rotatable bonds is 1. The van der Waals surface area contributed by atoms with Gasteiger partial charge in [0.2, 0.25) is 0 Å². The molecule has 0 saturated carbocycles. The van der Waals surface area contributed by atoms with Crippen molar-refractivity contribution in [3.8, 4) is 0 Å². The molecule has 2 atom stereocenters. The van der Waals surface area contributed by atoms with Crippen LogP contribution in [0.3, 0.4) is 0 Å². The molecule has 0 radical (unpaired) electrons. The first-order valence-electron chi connectivity index (χ1n) is 4.50. The average molecular weight is 195 g/mol. The predicted octanol–water partition coefficient (Wildman–Crippen LogP) is 2.54. The van der Waals surface area contributed by atoms with Crippen molar-refractivity contribution in [2.45, 2.75) is 25.1 Å². The van der Waals surface area contributed by atoms with Crippen LogP contribution in [0.2, 0.25) is 0 Å². The van der Waals surface area contributed by atoms with Gasteiger partial charge in [-0.05, 0) is 12.2 Å². The number of nitrogens with zero attached hydrogens (tertiary/aromatic N) is 1. The zero-order chi connectivity index (χ0) is 9.42. The summed E-state index contributed by atoms with van der Waals surface area (Å²) in [4.78, 5) is 4.58. The van der Waals surface area contributed by atoms with E-state index in [-0.39, 0.29) is 6.04 Å². The second-order valence-electron chi connectivity index (χ2n) is 3.65. The normalized spacial score (nSPS) is 31.6. The van der Waals surface area contributed by atoms with Gasteiger partial charge in [0.25, 0.3) is 0 Å². The number of aliphatic hydroxyl groups is 1. The lowest BCUT2D eigenvalue weighted by molar-refractivity contribution is 0.426. The Morgan fingerprint density at radius 3 is 3.00 bits per heavy atom. The molecule has 2 aliphatic rings. The number of aliphatic imine (C=N–C) groups is 1. The number of hydrogen-bond donors (Lipinski definition) is 1. The number of fused-ring (bicyclic) bond motifs is 1. The lowest BCUT2D eigenvalue weighted by atomic mass is 10.1. The maximum Gasteiger partial charge on any atom is 0.112 e. The summed E-state index contributed by atoms with van der Waals surface area (Å²) in [5.74, 6) is 0.869. The molecule has 0 bridgehead atoms. The van der Waals surface area contributed by atoms with Crippen molar-refractivity contribution in [1.29, 1.82) is 0 Å². The maximum atomic E-state index is 9.29. The van der Waals surface area contributed by atoms with Crippen LogP contribution in [-0.4, -0.2) is 21.4 Å². The van der Waals surface area contributed by atoms with E-state index in [1.54, 1.807) is 17.8 Å². The molecule has 0 aromatic carbocycles. The molecular weight excluding hydrogens is 182 g/mol. The summed E-state index contributed by atoms with van der Waals surface area (Å²) in [6.45, 7) is 4.30. The standard InChI is InChI=1S/C10H13NOS/c1-6(2)10-11-8-4-3-7(12)5-9(8)13-10/h3-6,8-9,12H,1-2H3. The SMILES string of the molecule is CC(C)C1=NC2C=CC(O)=CC2S1. The van der Waals surface area contributed by atoms with E-state index in [0.717, 1.165) is 0 Å². The summed E-state index contributed by atoms with van der Waals surface area (Å²) in [5, 5.41) is 10.8. The molecule has 70 valence electrons. The fourth-order valence-corrected chi connectivity index (χ4v) is 2.68. The van der Waals surface area contributed by atoms with Crippen molar-refractivity contribution in [3.63, 3.8) is 0 Å². The predicted molar refractivity (Wildman–Crippen MR) is 57.3 cm³/mol. The van der Waals surface area contributed by atoms with E-state index < -0.39 is 0 Å². The second-order valence-corrected chi connectivity index (χ2v) is 4.84. The van der Waals surface area contributed by atoms with Crippen molar-refractivity contribution >= 4 is 16.8 Å². The van der Waals surface area contributed by atoms with Gasteiger partial charge in [-0.3, -0.25) is 4.99 Å². The van der Waals surface area contributed by atoms with Crippen molar-refractivity contribution in [1.82, 2.24) is 0 Å². The van der Waals surface area contributed by atoms with Gasteiger partial charge in [-0.2, -0.15) is 0 Å². The molecule has 1 N–H and O–H groups in total. The Labute approximate surface area is 82.4 Å². The molecule has 0 saturated heterocycles. The van der Waals surface area contributed by atoms with E-state index in [1.165, 1.54) is 5.04 Å². The third-order valence-electron chi connectivity index (χ3n) is 2.16. The van der Waals surface area contributed by atoms with Gasteiger partial charge >= 0.3 is 0 Å². The Balaban J connectivity index is 2.17. The lowest BCUT2D eigenvalue weighted by Gasteiger charge is -2.13. The van der Waals surface area contributed by atoms with Crippen LogP contribution < -0.4 is 0 Å². The van der Waals surface area contributed by atoms with E-state index in [1.807, 2.05) is 12.2 Å². The highest BCUT2D eigenvalue weighted by Gasteiger charge is 2.29. The Bertz CT molecular complexity index is 304. The first-order valence-corrected chi connectivity index (χ1v) is 5.38. The largest absolute Gasteiger partial charge is 0.508 e. The highest BCUT2D eigenvalue weighted by molar-refractivity contribution is 8.15. The van der Waals surface area contributed by atoms with Crippen LogP contribution in [-0.2, 0) is 0 Å². The first kappa shape index (κ1) is 8.88. The number of thioether (sulfide) groups is 1. The van der Waals surface area contributed by atoms with Crippen LogP contribution in [0.5, 0.6) is 0 Å². The van der Waals surface area contributed by atoms with Gasteiger partial charge in [0.15, 0.2) is 0 Å². The summed E-state index contributed by atoms with van der Waals surface area (Å²) >= 11 is 1.77. The molecule has 2 rings (SSSR count). The van der Waals surface area contributed by atoms with Crippen LogP contribution in [0.4, 0.5) is 0 Å². The molecule has 0 fully saturated rings. The van der Waals surface area contributed by atoms with Crippen LogP contribution in [0.25, 0.3) is 0 Å². The van der Waals surface area contributed by atoms with Gasteiger partial charge in [0, 0.05) is 5.92 Å². The number of allylic oxidation sites excluding steroid dienone is 1. The van der Waals surface area contributed by atoms with Crippen LogP contribution in [0.15, 0.2) is 29.0 Å². The molecule has 2 unspecified atom stereocenters. The average Bonchev–Trinajstić information content (AvgIpc) is 2.46. The summed E-state index contributed by atoms with van der Waals surface area (Å²) in [6.07, 6.45) is 5.59. The fourth-order valence-electron chi connectivity index (χ4n) is 1.45. The van der Waals surface area contributed by atoms with E-state index in [9.17, 15) is 5.11 Å². The minimum atomic E-state index is 0.248. The summed E-state index contributed by atoms with van der Waals surface area (Å²) in [6, 6.07) is 0.248. The molecular formula is C10H13NOS. The molecule has 1 aliphatic heterocycles. The fraction of sp³-hybridized carbons (Fsp3) is 0.500. The first-order chi connectivity index (χ1) is 6.16. The highest BCUT2D eigenvalue weighted by atomic mass is 32.2. The van der Waals surface area contributed by atoms with Crippen LogP contribution in [0.1, 0.15) is 13.8 Å². The summed E-state index contributed by atoms with van der Waals surface area (Å²) < 4.78 is 0. The van der Waals surface area contributed by atoms with E-state index >= 15 is 0 Å². The monoisotopic (exact) mass is 195 g/mol. The van der Waals surface area contributed by atoms with Crippen molar-refractivity contribution in [2.75, 3.05) is 0 Å². The second kappa shape index (κ2) is 3.22. The third-order valence-corrected chi connectivity index (χ3v) is 3.67. The smallest absolute Gasteiger partial charge is 0.112 e.